The number of para-hydroxylation sites is 1. The first-order valence-electron chi connectivity index (χ1n) is 8.46. The van der Waals surface area contributed by atoms with E-state index in [9.17, 15) is 9.18 Å². The van der Waals surface area contributed by atoms with Gasteiger partial charge in [0.1, 0.15) is 18.2 Å². The van der Waals surface area contributed by atoms with E-state index in [0.29, 0.717) is 19.6 Å². The highest BCUT2D eigenvalue weighted by Gasteiger charge is 2.37. The third kappa shape index (κ3) is 3.14. The normalized spacial score (nSPS) is 19.3. The standard InChI is InChI=1S/C20H20FNO2/c21-17-6-3-4-14(10-17)12-22(18-8-9-18)20(23)16-11-15-5-1-2-7-19(15)24-13-16/h1-7,10,16,18H,8-9,11-13H2. The van der Waals surface area contributed by atoms with Gasteiger partial charge in [-0.2, -0.15) is 0 Å². The minimum atomic E-state index is -0.259. The third-order valence-electron chi connectivity index (χ3n) is 4.74. The van der Waals surface area contributed by atoms with Crippen molar-refractivity contribution in [2.24, 2.45) is 5.92 Å². The Hall–Kier alpha value is -2.36. The molecule has 1 atom stereocenters. The second-order valence-corrected chi connectivity index (χ2v) is 6.65. The fraction of sp³-hybridized carbons (Fsp3) is 0.350. The van der Waals surface area contributed by atoms with Crippen molar-refractivity contribution in [3.8, 4) is 5.75 Å². The Bertz CT molecular complexity index is 757. The van der Waals surface area contributed by atoms with Crippen molar-refractivity contribution in [1.29, 1.82) is 0 Å². The quantitative estimate of drug-likeness (QED) is 0.860. The van der Waals surface area contributed by atoms with Crippen molar-refractivity contribution in [2.45, 2.75) is 31.8 Å². The molecule has 0 spiro atoms. The molecule has 1 heterocycles. The topological polar surface area (TPSA) is 29.5 Å². The molecule has 0 bridgehead atoms. The molecule has 2 aromatic carbocycles. The number of carbonyl (C=O) groups excluding carboxylic acids is 1. The average molecular weight is 325 g/mol. The van der Waals surface area contributed by atoms with Crippen LogP contribution in [0.5, 0.6) is 5.75 Å². The lowest BCUT2D eigenvalue weighted by Gasteiger charge is -2.30. The highest BCUT2D eigenvalue weighted by atomic mass is 19.1. The third-order valence-corrected chi connectivity index (χ3v) is 4.74. The number of benzene rings is 2. The Morgan fingerprint density at radius 1 is 1.17 bits per heavy atom. The summed E-state index contributed by atoms with van der Waals surface area (Å²) < 4.78 is 19.2. The van der Waals surface area contributed by atoms with Crippen LogP contribution in [0.3, 0.4) is 0 Å². The molecular formula is C20H20FNO2. The zero-order chi connectivity index (χ0) is 16.5. The molecule has 3 nitrogen and oxygen atoms in total. The van der Waals surface area contributed by atoms with Gasteiger partial charge in [-0.05, 0) is 48.6 Å². The molecule has 1 saturated carbocycles. The molecule has 1 fully saturated rings. The van der Waals surface area contributed by atoms with Gasteiger partial charge in [0.15, 0.2) is 0 Å². The van der Waals surface area contributed by atoms with Crippen LogP contribution >= 0.6 is 0 Å². The molecule has 4 heteroatoms. The first-order valence-corrected chi connectivity index (χ1v) is 8.46. The van der Waals surface area contributed by atoms with Gasteiger partial charge >= 0.3 is 0 Å². The Balaban J connectivity index is 1.51. The maximum atomic E-state index is 13.4. The number of ether oxygens (including phenoxy) is 1. The maximum Gasteiger partial charge on any atom is 0.230 e. The van der Waals surface area contributed by atoms with Gasteiger partial charge in [0.05, 0.1) is 5.92 Å². The highest BCUT2D eigenvalue weighted by Crippen LogP contribution is 2.33. The number of nitrogens with zero attached hydrogens (tertiary/aromatic N) is 1. The molecule has 124 valence electrons. The maximum absolute atomic E-state index is 13.4. The van der Waals surface area contributed by atoms with E-state index in [1.807, 2.05) is 35.2 Å². The minimum Gasteiger partial charge on any atom is -0.492 e. The molecule has 2 aliphatic rings. The molecule has 2 aromatic rings. The number of rotatable bonds is 4. The lowest BCUT2D eigenvalue weighted by Crippen LogP contribution is -2.41. The number of carbonyl (C=O) groups is 1. The molecule has 0 aromatic heterocycles. The zero-order valence-electron chi connectivity index (χ0n) is 13.5. The van der Waals surface area contributed by atoms with Gasteiger partial charge in [-0.25, -0.2) is 4.39 Å². The van der Waals surface area contributed by atoms with Crippen LogP contribution in [0, 0.1) is 11.7 Å². The molecule has 4 rings (SSSR count). The smallest absolute Gasteiger partial charge is 0.230 e. The molecule has 0 N–H and O–H groups in total. The monoisotopic (exact) mass is 325 g/mol. The predicted octanol–water partition coefficient (Wildman–Crippen LogP) is 3.57. The van der Waals surface area contributed by atoms with E-state index in [0.717, 1.165) is 29.7 Å². The van der Waals surface area contributed by atoms with Crippen molar-refractivity contribution in [3.63, 3.8) is 0 Å². The van der Waals surface area contributed by atoms with Gasteiger partial charge in [-0.1, -0.05) is 30.3 Å². The number of amides is 1. The second-order valence-electron chi connectivity index (χ2n) is 6.65. The summed E-state index contributed by atoms with van der Waals surface area (Å²) >= 11 is 0. The number of hydrogen-bond donors (Lipinski definition) is 0. The summed E-state index contributed by atoms with van der Waals surface area (Å²) in [6, 6.07) is 14.7. The summed E-state index contributed by atoms with van der Waals surface area (Å²) in [5, 5.41) is 0. The first kappa shape index (κ1) is 15.2. The van der Waals surface area contributed by atoms with Crippen molar-refractivity contribution in [3.05, 3.63) is 65.5 Å². The molecule has 24 heavy (non-hydrogen) atoms. The molecule has 1 aliphatic heterocycles. The largest absolute Gasteiger partial charge is 0.492 e. The summed E-state index contributed by atoms with van der Waals surface area (Å²) in [6.07, 6.45) is 2.78. The van der Waals surface area contributed by atoms with Crippen LogP contribution in [-0.2, 0) is 17.8 Å². The van der Waals surface area contributed by atoms with E-state index in [4.69, 9.17) is 4.74 Å². The second kappa shape index (κ2) is 6.27. The van der Waals surface area contributed by atoms with E-state index in [1.165, 1.54) is 12.1 Å². The highest BCUT2D eigenvalue weighted by molar-refractivity contribution is 5.80. The van der Waals surface area contributed by atoms with E-state index in [-0.39, 0.29) is 23.7 Å². The minimum absolute atomic E-state index is 0.122. The van der Waals surface area contributed by atoms with Gasteiger partial charge in [0.25, 0.3) is 0 Å². The summed E-state index contributed by atoms with van der Waals surface area (Å²) in [4.78, 5) is 14.9. The SMILES string of the molecule is O=C(C1COc2ccccc2C1)N(Cc1cccc(F)c1)C1CC1. The molecular weight excluding hydrogens is 305 g/mol. The van der Waals surface area contributed by atoms with Gasteiger partial charge < -0.3 is 9.64 Å². The van der Waals surface area contributed by atoms with Crippen LogP contribution < -0.4 is 4.74 Å². The van der Waals surface area contributed by atoms with Crippen LogP contribution in [0.1, 0.15) is 24.0 Å². The van der Waals surface area contributed by atoms with E-state index in [1.54, 1.807) is 6.07 Å². The van der Waals surface area contributed by atoms with Crippen molar-refractivity contribution in [1.82, 2.24) is 4.90 Å². The Morgan fingerprint density at radius 3 is 2.79 bits per heavy atom. The number of halogens is 1. The van der Waals surface area contributed by atoms with Crippen LogP contribution in [0.25, 0.3) is 0 Å². The zero-order valence-corrected chi connectivity index (χ0v) is 13.5. The molecule has 1 aliphatic carbocycles. The Kier molecular flexibility index (Phi) is 3.97. The average Bonchev–Trinajstić information content (AvgIpc) is 3.44. The number of hydrogen-bond acceptors (Lipinski definition) is 2. The van der Waals surface area contributed by atoms with Crippen molar-refractivity contribution >= 4 is 5.91 Å². The Labute approximate surface area is 141 Å². The van der Waals surface area contributed by atoms with Crippen molar-refractivity contribution in [2.75, 3.05) is 6.61 Å². The van der Waals surface area contributed by atoms with Crippen LogP contribution in [0.15, 0.2) is 48.5 Å². The summed E-state index contributed by atoms with van der Waals surface area (Å²) in [6.45, 7) is 0.891. The Morgan fingerprint density at radius 2 is 2.00 bits per heavy atom. The van der Waals surface area contributed by atoms with E-state index < -0.39 is 0 Å². The van der Waals surface area contributed by atoms with Gasteiger partial charge in [-0.3, -0.25) is 4.79 Å². The predicted molar refractivity (Wildman–Crippen MR) is 89.1 cm³/mol. The molecule has 1 unspecified atom stereocenters. The summed E-state index contributed by atoms with van der Waals surface area (Å²) in [5.41, 5.74) is 1.93. The van der Waals surface area contributed by atoms with Crippen LogP contribution in [0.4, 0.5) is 4.39 Å². The van der Waals surface area contributed by atoms with Crippen LogP contribution in [-0.4, -0.2) is 23.5 Å². The summed E-state index contributed by atoms with van der Waals surface area (Å²) in [7, 11) is 0. The van der Waals surface area contributed by atoms with Gasteiger partial charge in [0, 0.05) is 12.6 Å². The summed E-state index contributed by atoms with van der Waals surface area (Å²) in [5.74, 6) is 0.584. The molecule has 1 amide bonds. The van der Waals surface area contributed by atoms with Gasteiger partial charge in [0.2, 0.25) is 5.91 Å². The fourth-order valence-corrected chi connectivity index (χ4v) is 3.33. The lowest BCUT2D eigenvalue weighted by atomic mass is 9.95. The number of fused-ring (bicyclic) bond motifs is 1. The van der Waals surface area contributed by atoms with E-state index in [2.05, 4.69) is 0 Å². The van der Waals surface area contributed by atoms with Crippen LogP contribution in [0.2, 0.25) is 0 Å². The molecule has 0 saturated heterocycles. The lowest BCUT2D eigenvalue weighted by molar-refractivity contribution is -0.138. The first-order chi connectivity index (χ1) is 11.7. The van der Waals surface area contributed by atoms with E-state index >= 15 is 0 Å². The van der Waals surface area contributed by atoms with Crippen molar-refractivity contribution < 1.29 is 13.9 Å². The van der Waals surface area contributed by atoms with Gasteiger partial charge in [-0.15, -0.1) is 0 Å². The molecule has 0 radical (unpaired) electrons. The fourth-order valence-electron chi connectivity index (χ4n) is 3.33.